The maximum absolute atomic E-state index is 13.5. The Bertz CT molecular complexity index is 507. The summed E-state index contributed by atoms with van der Waals surface area (Å²) in [5.74, 6) is -0.973. The molecule has 0 radical (unpaired) electrons. The minimum absolute atomic E-state index is 0.0614. The first-order valence-electron chi connectivity index (χ1n) is 4.89. The summed E-state index contributed by atoms with van der Waals surface area (Å²) in [6, 6.07) is 5.97. The van der Waals surface area contributed by atoms with Crippen molar-refractivity contribution in [2.24, 2.45) is 0 Å². The highest BCUT2D eigenvalue weighted by atomic mass is 127. The molecular formula is C12H8BrF2IS. The monoisotopic (exact) mass is 428 g/mol. The maximum atomic E-state index is 13.5. The molecule has 0 saturated heterocycles. The van der Waals surface area contributed by atoms with Gasteiger partial charge in [-0.25, -0.2) is 8.78 Å². The zero-order valence-corrected chi connectivity index (χ0v) is 13.2. The molecule has 17 heavy (non-hydrogen) atoms. The predicted molar refractivity (Wildman–Crippen MR) is 78.8 cm³/mol. The molecule has 0 saturated carbocycles. The van der Waals surface area contributed by atoms with Gasteiger partial charge in [0.15, 0.2) is 0 Å². The molecule has 0 fully saturated rings. The van der Waals surface area contributed by atoms with Gasteiger partial charge in [-0.1, -0.05) is 22.0 Å². The van der Waals surface area contributed by atoms with Gasteiger partial charge in [-0.15, -0.1) is 11.3 Å². The highest BCUT2D eigenvalue weighted by molar-refractivity contribution is 14.1. The molecule has 0 aliphatic heterocycles. The Kier molecular flexibility index (Phi) is 4.54. The van der Waals surface area contributed by atoms with Crippen molar-refractivity contribution in [1.29, 1.82) is 0 Å². The Morgan fingerprint density at radius 2 is 1.94 bits per heavy atom. The third-order valence-electron chi connectivity index (χ3n) is 2.39. The molecule has 1 atom stereocenters. The van der Waals surface area contributed by atoms with E-state index in [1.807, 2.05) is 11.4 Å². The van der Waals surface area contributed by atoms with E-state index in [9.17, 15) is 8.78 Å². The normalized spacial score (nSPS) is 12.7. The van der Waals surface area contributed by atoms with Crippen molar-refractivity contribution < 1.29 is 8.78 Å². The van der Waals surface area contributed by atoms with E-state index in [0.29, 0.717) is 6.42 Å². The summed E-state index contributed by atoms with van der Waals surface area (Å²) in [5.41, 5.74) is 1.19. The fourth-order valence-electron chi connectivity index (χ4n) is 1.51. The molecule has 0 spiro atoms. The van der Waals surface area contributed by atoms with E-state index in [2.05, 4.69) is 38.5 Å². The van der Waals surface area contributed by atoms with Crippen molar-refractivity contribution >= 4 is 49.9 Å². The van der Waals surface area contributed by atoms with Crippen molar-refractivity contribution in [3.8, 4) is 0 Å². The van der Waals surface area contributed by atoms with E-state index in [0.717, 1.165) is 8.45 Å². The summed E-state index contributed by atoms with van der Waals surface area (Å²) in [6.45, 7) is 0. The third-order valence-corrected chi connectivity index (χ3v) is 5.05. The summed E-state index contributed by atoms with van der Waals surface area (Å²) in [4.78, 5) is -0.0614. The quantitative estimate of drug-likeness (QED) is 0.459. The van der Waals surface area contributed by atoms with Crippen LogP contribution in [0.5, 0.6) is 0 Å². The molecule has 0 aliphatic carbocycles. The molecule has 1 aromatic heterocycles. The number of hydrogen-bond donors (Lipinski definition) is 0. The molecule has 0 nitrogen and oxygen atoms in total. The van der Waals surface area contributed by atoms with Crippen LogP contribution in [-0.4, -0.2) is 0 Å². The van der Waals surface area contributed by atoms with Gasteiger partial charge in [0.05, 0.1) is 2.88 Å². The molecule has 2 aromatic rings. The number of halogens is 4. The lowest BCUT2D eigenvalue weighted by Gasteiger charge is -2.09. The van der Waals surface area contributed by atoms with Crippen LogP contribution in [-0.2, 0) is 6.42 Å². The third kappa shape index (κ3) is 3.26. The van der Waals surface area contributed by atoms with Gasteiger partial charge < -0.3 is 0 Å². The van der Waals surface area contributed by atoms with Gasteiger partial charge in [-0.05, 0) is 58.2 Å². The van der Waals surface area contributed by atoms with Crippen LogP contribution in [0, 0.1) is 14.5 Å². The first-order valence-corrected chi connectivity index (χ1v) is 7.76. The van der Waals surface area contributed by atoms with Crippen molar-refractivity contribution in [2.45, 2.75) is 11.2 Å². The zero-order chi connectivity index (χ0) is 12.4. The Labute approximate surface area is 124 Å². The number of alkyl halides is 1. The average molecular weight is 429 g/mol. The maximum Gasteiger partial charge on any atom is 0.129 e. The highest BCUT2D eigenvalue weighted by Crippen LogP contribution is 2.32. The lowest BCUT2D eigenvalue weighted by molar-refractivity contribution is 0.554. The summed E-state index contributed by atoms with van der Waals surface area (Å²) in [6.07, 6.45) is 0.311. The summed E-state index contributed by atoms with van der Waals surface area (Å²) in [5, 5.41) is 2.00. The van der Waals surface area contributed by atoms with Crippen LogP contribution in [0.25, 0.3) is 0 Å². The van der Waals surface area contributed by atoms with Crippen molar-refractivity contribution in [2.75, 3.05) is 0 Å². The van der Waals surface area contributed by atoms with Crippen LogP contribution in [0.4, 0.5) is 8.78 Å². The van der Waals surface area contributed by atoms with Crippen molar-refractivity contribution in [3.63, 3.8) is 0 Å². The topological polar surface area (TPSA) is 0 Å². The summed E-state index contributed by atoms with van der Waals surface area (Å²) < 4.78 is 28.1. The largest absolute Gasteiger partial charge is 0.207 e. The smallest absolute Gasteiger partial charge is 0.129 e. The van der Waals surface area contributed by atoms with Gasteiger partial charge in [0.1, 0.15) is 11.6 Å². The van der Waals surface area contributed by atoms with Gasteiger partial charge in [0.2, 0.25) is 0 Å². The average Bonchev–Trinajstić information content (AvgIpc) is 2.70. The van der Waals surface area contributed by atoms with Crippen LogP contribution in [0.3, 0.4) is 0 Å². The van der Waals surface area contributed by atoms with Crippen molar-refractivity contribution in [1.82, 2.24) is 0 Å². The minimum Gasteiger partial charge on any atom is -0.207 e. The molecule has 1 unspecified atom stereocenters. The van der Waals surface area contributed by atoms with Gasteiger partial charge in [-0.3, -0.25) is 0 Å². The van der Waals surface area contributed by atoms with Gasteiger partial charge >= 0.3 is 0 Å². The van der Waals surface area contributed by atoms with Crippen LogP contribution < -0.4 is 0 Å². The summed E-state index contributed by atoms with van der Waals surface area (Å²) >= 11 is 7.32. The van der Waals surface area contributed by atoms with E-state index in [1.54, 1.807) is 11.3 Å². The molecule has 90 valence electrons. The molecule has 0 amide bonds. The Balaban J connectivity index is 2.21. The lowest BCUT2D eigenvalue weighted by Crippen LogP contribution is -2.00. The van der Waals surface area contributed by atoms with E-state index in [4.69, 9.17) is 0 Å². The van der Waals surface area contributed by atoms with E-state index in [-0.39, 0.29) is 10.4 Å². The van der Waals surface area contributed by atoms with Gasteiger partial charge in [-0.2, -0.15) is 0 Å². The van der Waals surface area contributed by atoms with E-state index in [1.165, 1.54) is 18.2 Å². The molecule has 2 rings (SSSR count). The molecule has 0 bridgehead atoms. The van der Waals surface area contributed by atoms with Gasteiger partial charge in [0.25, 0.3) is 0 Å². The first-order chi connectivity index (χ1) is 8.08. The minimum atomic E-state index is -0.487. The SMILES string of the molecule is Fc1cccc(F)c1CC(Br)c1csc(I)c1. The van der Waals surface area contributed by atoms with Gasteiger partial charge in [0, 0.05) is 10.4 Å². The number of rotatable bonds is 3. The van der Waals surface area contributed by atoms with Crippen LogP contribution in [0.1, 0.15) is 16.0 Å². The predicted octanol–water partition coefficient (Wildman–Crippen LogP) is 5.31. The fraction of sp³-hybridized carbons (Fsp3) is 0.167. The molecular weight excluding hydrogens is 421 g/mol. The Hall–Kier alpha value is -0.0100. The standard InChI is InChI=1S/C12H8BrF2IS/c13-9(7-4-12(16)17-6-7)5-8-10(14)2-1-3-11(8)15/h1-4,6,9H,5H2. The molecule has 0 aliphatic rings. The number of hydrogen-bond acceptors (Lipinski definition) is 1. The van der Waals surface area contributed by atoms with Crippen LogP contribution >= 0.6 is 49.9 Å². The fourth-order valence-corrected chi connectivity index (χ4v) is 3.70. The lowest BCUT2D eigenvalue weighted by atomic mass is 10.1. The number of benzene rings is 1. The van der Waals surface area contributed by atoms with E-state index < -0.39 is 11.6 Å². The second-order valence-electron chi connectivity index (χ2n) is 3.56. The Morgan fingerprint density at radius 1 is 1.29 bits per heavy atom. The van der Waals surface area contributed by atoms with Crippen molar-refractivity contribution in [3.05, 3.63) is 55.3 Å². The van der Waals surface area contributed by atoms with Crippen LogP contribution in [0.2, 0.25) is 0 Å². The molecule has 5 heteroatoms. The summed E-state index contributed by atoms with van der Waals surface area (Å²) in [7, 11) is 0. The Morgan fingerprint density at radius 3 is 2.47 bits per heavy atom. The first kappa shape index (κ1) is 13.4. The van der Waals surface area contributed by atoms with E-state index >= 15 is 0 Å². The molecule has 1 heterocycles. The van der Waals surface area contributed by atoms with Crippen LogP contribution in [0.15, 0.2) is 29.6 Å². The second kappa shape index (κ2) is 5.75. The highest BCUT2D eigenvalue weighted by Gasteiger charge is 2.16. The zero-order valence-electron chi connectivity index (χ0n) is 8.59. The molecule has 1 aromatic carbocycles. The molecule has 0 N–H and O–H groups in total. The number of thiophene rings is 1. The second-order valence-corrected chi connectivity index (χ2v) is 7.47.